The standard InChI is InChI=1S/C17H20ClFN4O/c1-2-23-7-6-16(20-23)17(24)22-10-8-21(9-11-22)12-13-14(18)4-3-5-15(13)19/h3-7H,2,8-12H2,1H3. The van der Waals surface area contributed by atoms with Gasteiger partial charge in [-0.2, -0.15) is 5.10 Å². The molecular formula is C17H20ClFN4O. The molecule has 0 aliphatic carbocycles. The summed E-state index contributed by atoms with van der Waals surface area (Å²) in [5, 5.41) is 4.70. The fourth-order valence-corrected chi connectivity index (χ4v) is 3.05. The molecule has 0 atom stereocenters. The minimum atomic E-state index is -0.286. The number of hydrogen-bond donors (Lipinski definition) is 0. The molecule has 1 aliphatic heterocycles. The van der Waals surface area contributed by atoms with Gasteiger partial charge in [-0.3, -0.25) is 14.4 Å². The van der Waals surface area contributed by atoms with Crippen LogP contribution in [0, 0.1) is 5.82 Å². The van der Waals surface area contributed by atoms with Gasteiger partial charge >= 0.3 is 0 Å². The van der Waals surface area contributed by atoms with Crippen LogP contribution in [0.25, 0.3) is 0 Å². The fraction of sp³-hybridized carbons (Fsp3) is 0.412. The second kappa shape index (κ2) is 7.32. The average Bonchev–Trinajstić information content (AvgIpc) is 3.07. The number of nitrogens with zero attached hydrogens (tertiary/aromatic N) is 4. The predicted octanol–water partition coefficient (Wildman–Crippen LogP) is 2.65. The van der Waals surface area contributed by atoms with Crippen molar-refractivity contribution in [2.75, 3.05) is 26.2 Å². The molecule has 128 valence electrons. The Morgan fingerprint density at radius 1 is 1.25 bits per heavy atom. The van der Waals surface area contributed by atoms with Crippen molar-refractivity contribution in [2.24, 2.45) is 0 Å². The van der Waals surface area contributed by atoms with Crippen LogP contribution in [-0.4, -0.2) is 51.7 Å². The first-order valence-electron chi connectivity index (χ1n) is 8.06. The maximum atomic E-state index is 13.9. The molecule has 2 aromatic rings. The van der Waals surface area contributed by atoms with Gasteiger partial charge in [0.15, 0.2) is 0 Å². The molecule has 1 fully saturated rings. The largest absolute Gasteiger partial charge is 0.335 e. The molecule has 3 rings (SSSR count). The van der Waals surface area contributed by atoms with Gasteiger partial charge in [-0.25, -0.2) is 4.39 Å². The van der Waals surface area contributed by atoms with E-state index in [-0.39, 0.29) is 11.7 Å². The van der Waals surface area contributed by atoms with E-state index in [1.165, 1.54) is 6.07 Å². The lowest BCUT2D eigenvalue weighted by Crippen LogP contribution is -2.48. The molecule has 5 nitrogen and oxygen atoms in total. The van der Waals surface area contributed by atoms with E-state index in [0.29, 0.717) is 49.0 Å². The van der Waals surface area contributed by atoms with E-state index in [2.05, 4.69) is 10.00 Å². The van der Waals surface area contributed by atoms with Gasteiger partial charge in [0.1, 0.15) is 11.5 Å². The molecule has 1 amide bonds. The van der Waals surface area contributed by atoms with E-state index < -0.39 is 0 Å². The van der Waals surface area contributed by atoms with Crippen LogP contribution in [0.15, 0.2) is 30.5 Å². The van der Waals surface area contributed by atoms with Gasteiger partial charge in [0.05, 0.1) is 0 Å². The number of hydrogen-bond acceptors (Lipinski definition) is 3. The van der Waals surface area contributed by atoms with E-state index in [0.717, 1.165) is 6.54 Å². The lowest BCUT2D eigenvalue weighted by atomic mass is 10.1. The molecule has 0 bridgehead atoms. The number of carbonyl (C=O) groups excluding carboxylic acids is 1. The molecule has 1 aliphatic rings. The summed E-state index contributed by atoms with van der Waals surface area (Å²) < 4.78 is 15.6. The summed E-state index contributed by atoms with van der Waals surface area (Å²) in [6.07, 6.45) is 1.81. The van der Waals surface area contributed by atoms with Crippen molar-refractivity contribution in [3.05, 3.63) is 52.6 Å². The number of carbonyl (C=O) groups is 1. The quantitative estimate of drug-likeness (QED) is 0.851. The van der Waals surface area contributed by atoms with E-state index >= 15 is 0 Å². The highest BCUT2D eigenvalue weighted by Crippen LogP contribution is 2.21. The molecule has 0 N–H and O–H groups in total. The highest BCUT2D eigenvalue weighted by molar-refractivity contribution is 6.31. The molecule has 0 saturated carbocycles. The molecule has 0 spiro atoms. The molecule has 7 heteroatoms. The molecule has 1 aromatic heterocycles. The van der Waals surface area contributed by atoms with Crippen molar-refractivity contribution in [2.45, 2.75) is 20.0 Å². The van der Waals surface area contributed by atoms with Crippen molar-refractivity contribution in [3.8, 4) is 0 Å². The maximum Gasteiger partial charge on any atom is 0.274 e. The Hall–Kier alpha value is -1.92. The van der Waals surface area contributed by atoms with Crippen molar-refractivity contribution >= 4 is 17.5 Å². The normalized spacial score (nSPS) is 15.7. The van der Waals surface area contributed by atoms with Crippen molar-refractivity contribution in [3.63, 3.8) is 0 Å². The van der Waals surface area contributed by atoms with Crippen LogP contribution in [0.1, 0.15) is 23.0 Å². The Balaban J connectivity index is 1.58. The summed E-state index contributed by atoms with van der Waals surface area (Å²) in [4.78, 5) is 16.4. The zero-order valence-corrected chi connectivity index (χ0v) is 14.3. The monoisotopic (exact) mass is 350 g/mol. The summed E-state index contributed by atoms with van der Waals surface area (Å²) in [6.45, 7) is 5.75. The molecule has 1 saturated heterocycles. The summed E-state index contributed by atoms with van der Waals surface area (Å²) in [5.41, 5.74) is 0.989. The number of aryl methyl sites for hydroxylation is 1. The third kappa shape index (κ3) is 3.60. The first-order chi connectivity index (χ1) is 11.6. The van der Waals surface area contributed by atoms with Crippen LogP contribution in [-0.2, 0) is 13.1 Å². The van der Waals surface area contributed by atoms with Crippen LogP contribution >= 0.6 is 11.6 Å². The Bertz CT molecular complexity index is 705. The van der Waals surface area contributed by atoms with Crippen LogP contribution in [0.3, 0.4) is 0 Å². The van der Waals surface area contributed by atoms with Gasteiger partial charge in [-0.1, -0.05) is 17.7 Å². The van der Waals surface area contributed by atoms with Crippen LogP contribution in [0.4, 0.5) is 4.39 Å². The minimum Gasteiger partial charge on any atom is -0.335 e. The summed E-state index contributed by atoms with van der Waals surface area (Å²) in [6, 6.07) is 6.47. The summed E-state index contributed by atoms with van der Waals surface area (Å²) >= 11 is 6.08. The van der Waals surface area contributed by atoms with Gasteiger partial charge < -0.3 is 4.90 Å². The molecule has 0 unspecified atom stereocenters. The smallest absolute Gasteiger partial charge is 0.274 e. The third-order valence-electron chi connectivity index (χ3n) is 4.29. The summed E-state index contributed by atoms with van der Waals surface area (Å²) in [5.74, 6) is -0.336. The van der Waals surface area contributed by atoms with Crippen LogP contribution < -0.4 is 0 Å². The number of halogens is 2. The van der Waals surface area contributed by atoms with Crippen LogP contribution in [0.5, 0.6) is 0 Å². The van der Waals surface area contributed by atoms with Crippen molar-refractivity contribution < 1.29 is 9.18 Å². The number of aromatic nitrogens is 2. The number of rotatable bonds is 4. The SMILES string of the molecule is CCn1ccc(C(=O)N2CCN(Cc3c(F)cccc3Cl)CC2)n1. The molecule has 1 aromatic carbocycles. The second-order valence-electron chi connectivity index (χ2n) is 5.83. The van der Waals surface area contributed by atoms with E-state index in [1.54, 1.807) is 27.8 Å². The summed E-state index contributed by atoms with van der Waals surface area (Å²) in [7, 11) is 0. The maximum absolute atomic E-state index is 13.9. The lowest BCUT2D eigenvalue weighted by Gasteiger charge is -2.34. The van der Waals surface area contributed by atoms with Gasteiger partial charge in [-0.05, 0) is 25.1 Å². The first-order valence-corrected chi connectivity index (χ1v) is 8.44. The van der Waals surface area contributed by atoms with Gasteiger partial charge in [0.2, 0.25) is 0 Å². The highest BCUT2D eigenvalue weighted by atomic mass is 35.5. The Morgan fingerprint density at radius 2 is 2.00 bits per heavy atom. The van der Waals surface area contributed by atoms with Gasteiger partial charge in [0.25, 0.3) is 5.91 Å². The molecule has 24 heavy (non-hydrogen) atoms. The van der Waals surface area contributed by atoms with Crippen LogP contribution in [0.2, 0.25) is 5.02 Å². The highest BCUT2D eigenvalue weighted by Gasteiger charge is 2.24. The van der Waals surface area contributed by atoms with E-state index in [1.807, 2.05) is 13.1 Å². The third-order valence-corrected chi connectivity index (χ3v) is 4.64. The molecular weight excluding hydrogens is 331 g/mol. The zero-order valence-electron chi connectivity index (χ0n) is 13.6. The predicted molar refractivity (Wildman–Crippen MR) is 90.5 cm³/mol. The van der Waals surface area contributed by atoms with Gasteiger partial charge in [-0.15, -0.1) is 0 Å². The number of amides is 1. The Morgan fingerprint density at radius 3 is 2.62 bits per heavy atom. The van der Waals surface area contributed by atoms with E-state index in [4.69, 9.17) is 11.6 Å². The topological polar surface area (TPSA) is 41.4 Å². The van der Waals surface area contributed by atoms with Crippen molar-refractivity contribution in [1.29, 1.82) is 0 Å². The molecule has 0 radical (unpaired) electrons. The lowest BCUT2D eigenvalue weighted by molar-refractivity contribution is 0.0620. The number of benzene rings is 1. The molecule has 2 heterocycles. The fourth-order valence-electron chi connectivity index (χ4n) is 2.83. The second-order valence-corrected chi connectivity index (χ2v) is 6.23. The number of piperazine rings is 1. The minimum absolute atomic E-state index is 0.0502. The van der Waals surface area contributed by atoms with Gasteiger partial charge in [0, 0.05) is 56.1 Å². The Labute approximate surface area is 145 Å². The zero-order chi connectivity index (χ0) is 17.1. The Kier molecular flexibility index (Phi) is 5.16. The van der Waals surface area contributed by atoms with Crippen molar-refractivity contribution in [1.82, 2.24) is 19.6 Å². The van der Waals surface area contributed by atoms with E-state index in [9.17, 15) is 9.18 Å². The first kappa shape index (κ1) is 16.9. The average molecular weight is 351 g/mol.